The molecular weight excluding hydrogens is 274 g/mol. The number of para-hydroxylation sites is 1. The summed E-state index contributed by atoms with van der Waals surface area (Å²) in [7, 11) is 0. The Balaban J connectivity index is 0.00000147. The quantitative estimate of drug-likeness (QED) is 0.795. The Hall–Kier alpha value is -1.39. The highest BCUT2D eigenvalue weighted by atomic mass is 35.5. The minimum atomic E-state index is 0. The molecule has 0 unspecified atom stereocenters. The van der Waals surface area contributed by atoms with Crippen LogP contribution in [0.3, 0.4) is 0 Å². The van der Waals surface area contributed by atoms with Crippen LogP contribution in [-0.2, 0) is 0 Å². The number of benzene rings is 1. The molecule has 0 spiro atoms. The smallest absolute Gasteiger partial charge is 0.316 e. The van der Waals surface area contributed by atoms with E-state index >= 15 is 0 Å². The highest BCUT2D eigenvalue weighted by Crippen LogP contribution is 2.13. The average molecular weight is 294 g/mol. The summed E-state index contributed by atoms with van der Waals surface area (Å²) in [5.41, 5.74) is 0.937. The second-order valence-corrected chi connectivity index (χ2v) is 4.96. The zero-order chi connectivity index (χ0) is 12.9. The Kier molecular flexibility index (Phi) is 5.56. The Labute approximate surface area is 125 Å². The van der Waals surface area contributed by atoms with Crippen molar-refractivity contribution in [2.24, 2.45) is 0 Å². The van der Waals surface area contributed by atoms with Crippen LogP contribution in [0.2, 0.25) is 0 Å². The molecule has 108 valence electrons. The number of halogens is 1. The molecule has 1 aromatic heterocycles. The van der Waals surface area contributed by atoms with Gasteiger partial charge < -0.3 is 9.64 Å². The number of rotatable bonds is 5. The lowest BCUT2D eigenvalue weighted by molar-refractivity contribution is 0.250. The predicted octanol–water partition coefficient (Wildman–Crippen LogP) is 2.92. The third-order valence-electron chi connectivity index (χ3n) is 3.52. The van der Waals surface area contributed by atoms with Gasteiger partial charge in [-0.3, -0.25) is 0 Å². The Bertz CT molecular complexity index is 543. The first-order valence-corrected chi connectivity index (χ1v) is 6.99. The van der Waals surface area contributed by atoms with E-state index in [1.54, 1.807) is 0 Å². The molecular formula is C15H20ClN3O. The first-order chi connectivity index (χ1) is 9.42. The van der Waals surface area contributed by atoms with Gasteiger partial charge in [0.25, 0.3) is 0 Å². The van der Waals surface area contributed by atoms with Crippen LogP contribution in [0.5, 0.6) is 6.01 Å². The van der Waals surface area contributed by atoms with Gasteiger partial charge in [0, 0.05) is 18.1 Å². The fourth-order valence-corrected chi connectivity index (χ4v) is 2.48. The summed E-state index contributed by atoms with van der Waals surface area (Å²) >= 11 is 0. The zero-order valence-corrected chi connectivity index (χ0v) is 12.3. The number of aromatic nitrogens is 2. The predicted molar refractivity (Wildman–Crippen MR) is 82.6 cm³/mol. The zero-order valence-electron chi connectivity index (χ0n) is 11.5. The number of fused-ring (bicyclic) bond motifs is 1. The maximum Gasteiger partial charge on any atom is 0.316 e. The maximum atomic E-state index is 5.63. The van der Waals surface area contributed by atoms with Crippen molar-refractivity contribution < 1.29 is 4.74 Å². The van der Waals surface area contributed by atoms with Gasteiger partial charge in [0.15, 0.2) is 0 Å². The van der Waals surface area contributed by atoms with Crippen LogP contribution in [-0.4, -0.2) is 41.1 Å². The monoisotopic (exact) mass is 293 g/mol. The summed E-state index contributed by atoms with van der Waals surface area (Å²) < 4.78 is 5.63. The molecule has 3 rings (SSSR count). The molecule has 1 aliphatic rings. The first kappa shape index (κ1) is 15.0. The molecule has 4 nitrogen and oxygen atoms in total. The summed E-state index contributed by atoms with van der Waals surface area (Å²) in [5, 5.41) is 1.05. The molecule has 1 aromatic carbocycles. The van der Waals surface area contributed by atoms with Crippen LogP contribution in [0, 0.1) is 0 Å². The molecule has 0 atom stereocenters. The molecule has 0 bridgehead atoms. The molecule has 0 amide bonds. The van der Waals surface area contributed by atoms with Crippen LogP contribution < -0.4 is 4.74 Å². The molecule has 1 fully saturated rings. The normalized spacial score (nSPS) is 15.2. The first-order valence-electron chi connectivity index (χ1n) is 6.99. The van der Waals surface area contributed by atoms with Crippen molar-refractivity contribution >= 4 is 23.3 Å². The van der Waals surface area contributed by atoms with Crippen molar-refractivity contribution in [3.05, 3.63) is 30.5 Å². The van der Waals surface area contributed by atoms with Crippen LogP contribution >= 0.6 is 12.4 Å². The van der Waals surface area contributed by atoms with E-state index < -0.39 is 0 Å². The number of likely N-dealkylation sites (tertiary alicyclic amines) is 1. The van der Waals surface area contributed by atoms with Crippen molar-refractivity contribution in [1.82, 2.24) is 14.9 Å². The van der Waals surface area contributed by atoms with Crippen molar-refractivity contribution in [3.63, 3.8) is 0 Å². The third-order valence-corrected chi connectivity index (χ3v) is 3.52. The number of nitrogens with zero attached hydrogens (tertiary/aromatic N) is 3. The third kappa shape index (κ3) is 3.81. The van der Waals surface area contributed by atoms with Crippen molar-refractivity contribution in [2.45, 2.75) is 19.3 Å². The SMILES string of the molecule is Cl.c1ccc2nc(OCCCN3CCCC3)ncc2c1. The summed E-state index contributed by atoms with van der Waals surface area (Å²) in [6, 6.07) is 8.44. The molecule has 0 radical (unpaired) electrons. The van der Waals surface area contributed by atoms with Gasteiger partial charge in [-0.1, -0.05) is 18.2 Å². The van der Waals surface area contributed by atoms with Crippen molar-refractivity contribution in [3.8, 4) is 6.01 Å². The molecule has 2 heterocycles. The highest BCUT2D eigenvalue weighted by Gasteiger charge is 2.10. The van der Waals surface area contributed by atoms with Gasteiger partial charge in [0.1, 0.15) is 0 Å². The largest absolute Gasteiger partial charge is 0.463 e. The second-order valence-electron chi connectivity index (χ2n) is 4.96. The summed E-state index contributed by atoms with van der Waals surface area (Å²) in [6.45, 7) is 4.29. The lowest BCUT2D eigenvalue weighted by Gasteiger charge is -2.13. The van der Waals surface area contributed by atoms with Gasteiger partial charge in [0.05, 0.1) is 12.1 Å². The lowest BCUT2D eigenvalue weighted by Crippen LogP contribution is -2.22. The lowest BCUT2D eigenvalue weighted by atomic mass is 10.2. The highest BCUT2D eigenvalue weighted by molar-refractivity contribution is 5.85. The van der Waals surface area contributed by atoms with Crippen molar-refractivity contribution in [2.75, 3.05) is 26.2 Å². The van der Waals surface area contributed by atoms with Crippen molar-refractivity contribution in [1.29, 1.82) is 0 Å². The maximum absolute atomic E-state index is 5.63. The minimum Gasteiger partial charge on any atom is -0.463 e. The number of ether oxygens (including phenoxy) is 1. The molecule has 20 heavy (non-hydrogen) atoms. The number of hydrogen-bond acceptors (Lipinski definition) is 4. The Morgan fingerprint density at radius 1 is 1.15 bits per heavy atom. The van der Waals surface area contributed by atoms with E-state index in [2.05, 4.69) is 14.9 Å². The van der Waals surface area contributed by atoms with E-state index in [-0.39, 0.29) is 12.4 Å². The van der Waals surface area contributed by atoms with Gasteiger partial charge in [0.2, 0.25) is 0 Å². The standard InChI is InChI=1S/C15H19N3O.ClH/c1-2-7-14-13(6-1)12-16-15(17-14)19-11-5-10-18-8-3-4-9-18;/h1-2,6-7,12H,3-5,8-11H2;1H. The second kappa shape index (κ2) is 7.41. The van der Waals surface area contributed by atoms with Gasteiger partial charge >= 0.3 is 6.01 Å². The molecule has 2 aromatic rings. The Morgan fingerprint density at radius 2 is 1.95 bits per heavy atom. The van der Waals surface area contributed by atoms with Crippen LogP contribution in [0.1, 0.15) is 19.3 Å². The van der Waals surface area contributed by atoms with Crippen LogP contribution in [0.25, 0.3) is 10.9 Å². The fourth-order valence-electron chi connectivity index (χ4n) is 2.48. The van der Waals surface area contributed by atoms with Crippen LogP contribution in [0.15, 0.2) is 30.5 Å². The molecule has 5 heteroatoms. The molecule has 0 aliphatic carbocycles. The van der Waals surface area contributed by atoms with E-state index in [0.717, 1.165) is 23.9 Å². The molecule has 0 N–H and O–H groups in total. The van der Waals surface area contributed by atoms with E-state index in [1.807, 2.05) is 30.5 Å². The van der Waals surface area contributed by atoms with Gasteiger partial charge in [-0.05, 0) is 38.4 Å². The molecule has 1 aliphatic heterocycles. The molecule has 0 saturated carbocycles. The van der Waals surface area contributed by atoms with E-state index in [1.165, 1.54) is 25.9 Å². The van der Waals surface area contributed by atoms with Crippen LogP contribution in [0.4, 0.5) is 0 Å². The topological polar surface area (TPSA) is 38.2 Å². The fraction of sp³-hybridized carbons (Fsp3) is 0.467. The summed E-state index contributed by atoms with van der Waals surface area (Å²) in [4.78, 5) is 11.1. The minimum absolute atomic E-state index is 0. The van der Waals surface area contributed by atoms with E-state index in [9.17, 15) is 0 Å². The summed E-state index contributed by atoms with van der Waals surface area (Å²) in [6.07, 6.45) is 5.54. The molecule has 1 saturated heterocycles. The van der Waals surface area contributed by atoms with E-state index in [4.69, 9.17) is 4.74 Å². The Morgan fingerprint density at radius 3 is 2.80 bits per heavy atom. The summed E-state index contributed by atoms with van der Waals surface area (Å²) in [5.74, 6) is 0. The van der Waals surface area contributed by atoms with Gasteiger partial charge in [-0.25, -0.2) is 4.98 Å². The van der Waals surface area contributed by atoms with Gasteiger partial charge in [-0.15, -0.1) is 12.4 Å². The van der Waals surface area contributed by atoms with E-state index in [0.29, 0.717) is 12.6 Å². The number of hydrogen-bond donors (Lipinski definition) is 0. The van der Waals surface area contributed by atoms with Gasteiger partial charge in [-0.2, -0.15) is 4.98 Å². The average Bonchev–Trinajstić information content (AvgIpc) is 2.97.